The van der Waals surface area contributed by atoms with Gasteiger partial charge in [0.25, 0.3) is 5.91 Å². The number of amides is 1. The molecule has 0 saturated heterocycles. The summed E-state index contributed by atoms with van der Waals surface area (Å²) in [4.78, 5) is 12.0. The van der Waals surface area contributed by atoms with Crippen LogP contribution in [0.4, 0.5) is 5.69 Å². The molecule has 1 unspecified atom stereocenters. The van der Waals surface area contributed by atoms with Crippen molar-refractivity contribution < 1.29 is 15.0 Å². The highest BCUT2D eigenvalue weighted by atomic mass is 127. The van der Waals surface area contributed by atoms with Crippen LogP contribution in [0, 0.1) is 10.7 Å². The molecular formula is C10H11I3N2O3. The molecule has 0 aliphatic carbocycles. The lowest BCUT2D eigenvalue weighted by molar-refractivity contribution is 0.0801. The molecule has 100 valence electrons. The van der Waals surface area contributed by atoms with Gasteiger partial charge in [-0.3, -0.25) is 4.79 Å². The molecule has 5 N–H and O–H groups in total. The summed E-state index contributed by atoms with van der Waals surface area (Å²) in [5, 5.41) is 20.4. The molecule has 0 aliphatic rings. The van der Waals surface area contributed by atoms with Gasteiger partial charge in [0.15, 0.2) is 0 Å². The van der Waals surface area contributed by atoms with E-state index in [1.165, 1.54) is 0 Å². The molecule has 0 saturated carbocycles. The zero-order valence-corrected chi connectivity index (χ0v) is 15.6. The summed E-state index contributed by atoms with van der Waals surface area (Å²) in [6.45, 7) is -0.378. The van der Waals surface area contributed by atoms with Crippen LogP contribution in [-0.4, -0.2) is 35.4 Å². The van der Waals surface area contributed by atoms with Crippen molar-refractivity contribution in [2.24, 2.45) is 0 Å². The molecule has 1 aromatic rings. The van der Waals surface area contributed by atoms with Crippen molar-refractivity contribution in [3.8, 4) is 0 Å². The molecule has 5 nitrogen and oxygen atoms in total. The first-order valence-electron chi connectivity index (χ1n) is 4.88. The van der Waals surface area contributed by atoms with Crippen molar-refractivity contribution in [1.29, 1.82) is 0 Å². The minimum Gasteiger partial charge on any atom is -0.397 e. The van der Waals surface area contributed by atoms with Gasteiger partial charge in [-0.25, -0.2) is 0 Å². The van der Waals surface area contributed by atoms with E-state index in [2.05, 4.69) is 50.5 Å². The molecule has 1 atom stereocenters. The minimum absolute atomic E-state index is 0.00733. The Morgan fingerprint density at radius 2 is 2.00 bits per heavy atom. The van der Waals surface area contributed by atoms with Crippen LogP contribution in [0.5, 0.6) is 0 Å². The summed E-state index contributed by atoms with van der Waals surface area (Å²) < 4.78 is 2.39. The maximum atomic E-state index is 12.0. The van der Waals surface area contributed by atoms with Crippen molar-refractivity contribution >= 4 is 79.4 Å². The predicted molar refractivity (Wildman–Crippen MR) is 94.4 cm³/mol. The number of hydrogen-bond acceptors (Lipinski definition) is 4. The number of carbonyl (C=O) groups excluding carboxylic acids is 1. The van der Waals surface area contributed by atoms with Gasteiger partial charge in [0.05, 0.1) is 27.5 Å². The number of carbonyl (C=O) groups is 1. The zero-order chi connectivity index (χ0) is 13.9. The highest BCUT2D eigenvalue weighted by Crippen LogP contribution is 2.29. The molecule has 0 aromatic heterocycles. The standard InChI is InChI=1S/C10H11I3N2O3/c11-5-1-6(12)9(14)8(13)7(5)10(18)15-2-4(17)3-16/h1,4,16-17H,2-3,14H2,(H,15,18). The molecule has 0 aliphatic heterocycles. The van der Waals surface area contributed by atoms with E-state index in [0.717, 1.165) is 7.14 Å². The third-order valence-electron chi connectivity index (χ3n) is 2.14. The Morgan fingerprint density at radius 1 is 1.39 bits per heavy atom. The van der Waals surface area contributed by atoms with E-state index in [4.69, 9.17) is 10.8 Å². The van der Waals surface area contributed by atoms with Crippen LogP contribution in [-0.2, 0) is 0 Å². The average molecular weight is 588 g/mol. The van der Waals surface area contributed by atoms with Crippen LogP contribution >= 0.6 is 67.8 Å². The summed E-state index contributed by atoms with van der Waals surface area (Å²) >= 11 is 6.22. The minimum atomic E-state index is -0.953. The molecule has 1 rings (SSSR count). The van der Waals surface area contributed by atoms with Gasteiger partial charge in [-0.1, -0.05) is 0 Å². The summed E-state index contributed by atoms with van der Waals surface area (Å²) in [7, 11) is 0. The molecular weight excluding hydrogens is 577 g/mol. The van der Waals surface area contributed by atoms with Crippen molar-refractivity contribution in [2.75, 3.05) is 18.9 Å². The van der Waals surface area contributed by atoms with Crippen molar-refractivity contribution in [3.63, 3.8) is 0 Å². The Bertz CT molecular complexity index is 468. The van der Waals surface area contributed by atoms with Gasteiger partial charge in [-0.2, -0.15) is 0 Å². The Morgan fingerprint density at radius 3 is 2.56 bits per heavy atom. The second-order valence-electron chi connectivity index (χ2n) is 3.49. The summed E-state index contributed by atoms with van der Waals surface area (Å²) in [5.41, 5.74) is 6.96. The normalized spacial score (nSPS) is 12.3. The first kappa shape index (κ1) is 16.7. The fraction of sp³-hybridized carbons (Fsp3) is 0.300. The van der Waals surface area contributed by atoms with Crippen LogP contribution in [0.25, 0.3) is 0 Å². The Hall–Kier alpha value is 0.600. The second-order valence-corrected chi connectivity index (χ2v) is 6.89. The monoisotopic (exact) mass is 588 g/mol. The van der Waals surface area contributed by atoms with E-state index in [1.54, 1.807) is 0 Å². The number of benzene rings is 1. The number of anilines is 1. The van der Waals surface area contributed by atoms with E-state index in [-0.39, 0.29) is 19.1 Å². The van der Waals surface area contributed by atoms with Gasteiger partial charge in [0.2, 0.25) is 0 Å². The van der Waals surface area contributed by atoms with E-state index in [0.29, 0.717) is 14.8 Å². The van der Waals surface area contributed by atoms with E-state index in [9.17, 15) is 9.90 Å². The van der Waals surface area contributed by atoms with Gasteiger partial charge in [-0.15, -0.1) is 0 Å². The summed E-state index contributed by atoms with van der Waals surface area (Å²) in [5.74, 6) is -0.306. The zero-order valence-electron chi connectivity index (χ0n) is 9.08. The lowest BCUT2D eigenvalue weighted by Crippen LogP contribution is -2.34. The first-order valence-corrected chi connectivity index (χ1v) is 8.12. The number of nitrogens with two attached hydrogens (primary N) is 1. The van der Waals surface area contributed by atoms with Crippen LogP contribution in [0.15, 0.2) is 6.07 Å². The van der Waals surface area contributed by atoms with Crippen LogP contribution in [0.3, 0.4) is 0 Å². The summed E-state index contributed by atoms with van der Waals surface area (Å²) in [6.07, 6.45) is -0.953. The number of rotatable bonds is 4. The van der Waals surface area contributed by atoms with Crippen molar-refractivity contribution in [3.05, 3.63) is 22.3 Å². The maximum absolute atomic E-state index is 12.0. The Kier molecular flexibility index (Phi) is 6.85. The molecule has 8 heteroatoms. The largest absolute Gasteiger partial charge is 0.397 e. The SMILES string of the molecule is Nc1c(I)cc(I)c(C(=O)NCC(O)CO)c1I. The number of halogens is 3. The molecule has 1 aromatic carbocycles. The van der Waals surface area contributed by atoms with E-state index >= 15 is 0 Å². The fourth-order valence-electron chi connectivity index (χ4n) is 1.18. The Labute approximate surface area is 145 Å². The van der Waals surface area contributed by atoms with Gasteiger partial charge < -0.3 is 21.3 Å². The van der Waals surface area contributed by atoms with Crippen molar-refractivity contribution in [1.82, 2.24) is 5.32 Å². The summed E-state index contributed by atoms with van der Waals surface area (Å²) in [6, 6.07) is 1.83. The highest BCUT2D eigenvalue weighted by molar-refractivity contribution is 14.1. The molecule has 0 radical (unpaired) electrons. The fourth-order valence-corrected chi connectivity index (χ4v) is 5.04. The molecule has 0 bridgehead atoms. The quantitative estimate of drug-likeness (QED) is 0.314. The number of aliphatic hydroxyl groups excluding tert-OH is 2. The molecule has 0 fully saturated rings. The lowest BCUT2D eigenvalue weighted by atomic mass is 10.2. The molecule has 0 heterocycles. The second kappa shape index (κ2) is 7.40. The van der Waals surface area contributed by atoms with Crippen LogP contribution in [0.2, 0.25) is 0 Å². The molecule has 0 spiro atoms. The third-order valence-corrected chi connectivity index (χ3v) is 5.01. The van der Waals surface area contributed by atoms with Crippen LogP contribution < -0.4 is 11.1 Å². The smallest absolute Gasteiger partial charge is 0.253 e. The van der Waals surface area contributed by atoms with Gasteiger partial charge in [0, 0.05) is 13.7 Å². The van der Waals surface area contributed by atoms with Crippen LogP contribution in [0.1, 0.15) is 10.4 Å². The van der Waals surface area contributed by atoms with Gasteiger partial charge >= 0.3 is 0 Å². The first-order chi connectivity index (χ1) is 8.38. The van der Waals surface area contributed by atoms with E-state index < -0.39 is 6.10 Å². The maximum Gasteiger partial charge on any atom is 0.253 e. The van der Waals surface area contributed by atoms with Gasteiger partial charge in [0.1, 0.15) is 0 Å². The lowest BCUT2D eigenvalue weighted by Gasteiger charge is -2.13. The Balaban J connectivity index is 2.96. The molecule has 1 amide bonds. The average Bonchev–Trinajstić information content (AvgIpc) is 2.33. The number of aliphatic hydroxyl groups is 2. The number of nitrogen functional groups attached to an aromatic ring is 1. The highest BCUT2D eigenvalue weighted by Gasteiger charge is 2.18. The predicted octanol–water partition coefficient (Wildman–Crippen LogP) is 1.17. The third kappa shape index (κ3) is 4.05. The number of hydrogen-bond donors (Lipinski definition) is 4. The molecule has 18 heavy (non-hydrogen) atoms. The topological polar surface area (TPSA) is 95.6 Å². The van der Waals surface area contributed by atoms with Gasteiger partial charge in [-0.05, 0) is 73.8 Å². The number of nitrogens with one attached hydrogen (secondary N) is 1. The van der Waals surface area contributed by atoms with E-state index in [1.807, 2.05) is 28.7 Å². The van der Waals surface area contributed by atoms with Crippen molar-refractivity contribution in [2.45, 2.75) is 6.10 Å².